The molecule has 0 fully saturated rings. The number of nitrogens with one attached hydrogen (secondary N) is 4. The van der Waals surface area contributed by atoms with Crippen molar-refractivity contribution < 1.29 is 33.4 Å². The first kappa shape index (κ1) is 41.2. The van der Waals surface area contributed by atoms with Gasteiger partial charge in [0.2, 0.25) is 17.7 Å². The van der Waals surface area contributed by atoms with Gasteiger partial charge < -0.3 is 46.9 Å². The highest BCUT2D eigenvalue weighted by atomic mass is 16.5. The average Bonchev–Trinajstić information content (AvgIpc) is 3.16. The average molecular weight is 752 g/mol. The van der Waals surface area contributed by atoms with E-state index in [0.29, 0.717) is 34.7 Å². The molecule has 0 aliphatic heterocycles. The maximum atomic E-state index is 14.2. The SMILES string of the molecule is C=CC[C@H](NC(=O)[C@H](CCCN=C(N)N)NC(=O)C(Cc1cc2ccccc2c(-c2c(OC)c(NC=C)cc3ccccc23)c1OC)NC(C)=O)C(=O)OC. The van der Waals surface area contributed by atoms with E-state index >= 15 is 0 Å². The van der Waals surface area contributed by atoms with Crippen molar-refractivity contribution in [2.45, 2.75) is 50.7 Å². The molecule has 290 valence electrons. The van der Waals surface area contributed by atoms with E-state index in [1.54, 1.807) is 20.4 Å². The van der Waals surface area contributed by atoms with E-state index < -0.39 is 41.8 Å². The van der Waals surface area contributed by atoms with Crippen molar-refractivity contribution in [3.63, 3.8) is 0 Å². The Bertz CT molecular complexity index is 2090. The smallest absolute Gasteiger partial charge is 0.328 e. The van der Waals surface area contributed by atoms with E-state index in [4.69, 9.17) is 25.7 Å². The zero-order chi connectivity index (χ0) is 40.1. The molecule has 0 aromatic heterocycles. The molecule has 0 spiro atoms. The molecule has 0 aliphatic rings. The Morgan fingerprint density at radius 3 is 1.95 bits per heavy atom. The van der Waals surface area contributed by atoms with Crippen LogP contribution in [-0.2, 0) is 30.3 Å². The van der Waals surface area contributed by atoms with Crippen molar-refractivity contribution >= 4 is 56.9 Å². The number of methoxy groups -OCH3 is 3. The molecule has 4 aromatic carbocycles. The van der Waals surface area contributed by atoms with Crippen molar-refractivity contribution in [2.75, 3.05) is 33.2 Å². The van der Waals surface area contributed by atoms with Gasteiger partial charge in [0.1, 0.15) is 23.9 Å². The first-order valence-electron chi connectivity index (χ1n) is 17.7. The normalized spacial score (nSPS) is 12.4. The number of amides is 3. The van der Waals surface area contributed by atoms with Crippen LogP contribution in [0.5, 0.6) is 11.5 Å². The summed E-state index contributed by atoms with van der Waals surface area (Å²) in [5.74, 6) is -1.55. The van der Waals surface area contributed by atoms with Gasteiger partial charge in [-0.15, -0.1) is 6.58 Å². The minimum absolute atomic E-state index is 0.0269. The van der Waals surface area contributed by atoms with Crippen molar-refractivity contribution in [1.82, 2.24) is 16.0 Å². The van der Waals surface area contributed by atoms with Gasteiger partial charge in [0.05, 0.1) is 27.0 Å². The Kier molecular flexibility index (Phi) is 14.6. The minimum atomic E-state index is -1.16. The van der Waals surface area contributed by atoms with E-state index in [0.717, 1.165) is 27.1 Å². The minimum Gasteiger partial charge on any atom is -0.496 e. The standard InChI is InChI=1S/C41H49N7O7/c1-7-14-31(40(52)55-6)48-38(50)30(19-13-20-45-41(42)43)47-39(51)33(46-24(3)49)23-27-21-25-15-9-11-17-28(25)34(36(27)53-4)35-29-18-12-10-16-26(29)22-32(44-8-2)37(35)54-5/h7-12,15-18,21-22,30-31,33,44H,1-2,13-14,19-20,23H2,3-6H3,(H,46,49)(H,47,51)(H,48,50)(H4,42,43,45)/t30-,31-,33?/m0/s1. The van der Waals surface area contributed by atoms with Crippen LogP contribution in [0.15, 0.2) is 91.1 Å². The van der Waals surface area contributed by atoms with Crippen LogP contribution in [0.4, 0.5) is 5.69 Å². The zero-order valence-corrected chi connectivity index (χ0v) is 31.6. The highest BCUT2D eigenvalue weighted by Gasteiger charge is 2.31. The fourth-order valence-corrected chi connectivity index (χ4v) is 6.54. The van der Waals surface area contributed by atoms with Crippen molar-refractivity contribution in [3.05, 3.63) is 91.7 Å². The predicted molar refractivity (Wildman–Crippen MR) is 216 cm³/mol. The Balaban J connectivity index is 1.84. The number of esters is 1. The van der Waals surface area contributed by atoms with Gasteiger partial charge in [0, 0.05) is 31.0 Å². The van der Waals surface area contributed by atoms with Gasteiger partial charge in [-0.25, -0.2) is 4.79 Å². The summed E-state index contributed by atoms with van der Waals surface area (Å²) in [5.41, 5.74) is 13.7. The summed E-state index contributed by atoms with van der Waals surface area (Å²) in [6, 6.07) is 16.2. The number of carbonyl (C=O) groups is 4. The highest BCUT2D eigenvalue weighted by Crippen LogP contribution is 2.50. The van der Waals surface area contributed by atoms with Gasteiger partial charge in [-0.1, -0.05) is 61.2 Å². The second-order valence-electron chi connectivity index (χ2n) is 12.6. The van der Waals surface area contributed by atoms with Crippen LogP contribution in [-0.4, -0.2) is 75.7 Å². The van der Waals surface area contributed by atoms with E-state index in [9.17, 15) is 19.2 Å². The van der Waals surface area contributed by atoms with Crippen molar-refractivity contribution in [3.8, 4) is 22.6 Å². The molecule has 0 saturated carbocycles. The molecule has 0 heterocycles. The number of rotatable bonds is 19. The molecule has 3 amide bonds. The summed E-state index contributed by atoms with van der Waals surface area (Å²) < 4.78 is 17.1. The first-order valence-corrected chi connectivity index (χ1v) is 17.7. The number of fused-ring (bicyclic) bond motifs is 2. The number of anilines is 1. The number of carbonyl (C=O) groups excluding carboxylic acids is 4. The molecule has 14 nitrogen and oxygen atoms in total. The van der Waals surface area contributed by atoms with Crippen LogP contribution in [0, 0.1) is 0 Å². The second-order valence-corrected chi connectivity index (χ2v) is 12.6. The van der Waals surface area contributed by atoms with Crippen LogP contribution < -0.4 is 42.2 Å². The van der Waals surface area contributed by atoms with Gasteiger partial charge >= 0.3 is 5.97 Å². The molecule has 3 atom stereocenters. The number of hydrogen-bond acceptors (Lipinski definition) is 9. The number of nitrogens with zero attached hydrogens (tertiary/aromatic N) is 1. The second kappa shape index (κ2) is 19.5. The lowest BCUT2D eigenvalue weighted by atomic mass is 9.88. The van der Waals surface area contributed by atoms with E-state index in [1.807, 2.05) is 60.7 Å². The van der Waals surface area contributed by atoms with Crippen molar-refractivity contribution in [1.29, 1.82) is 0 Å². The summed E-state index contributed by atoms with van der Waals surface area (Å²) in [5, 5.41) is 14.9. The molecule has 8 N–H and O–H groups in total. The molecule has 0 saturated heterocycles. The number of benzene rings is 4. The molecule has 0 bridgehead atoms. The van der Waals surface area contributed by atoms with Crippen LogP contribution in [0.1, 0.15) is 31.7 Å². The Labute approximate surface area is 320 Å². The quantitative estimate of drug-likeness (QED) is 0.0266. The lowest BCUT2D eigenvalue weighted by Gasteiger charge is -2.26. The van der Waals surface area contributed by atoms with Gasteiger partial charge in [-0.05, 0) is 64.7 Å². The van der Waals surface area contributed by atoms with Crippen LogP contribution in [0.2, 0.25) is 0 Å². The number of ether oxygens (including phenoxy) is 3. The molecule has 4 rings (SSSR count). The van der Waals surface area contributed by atoms with E-state index in [1.165, 1.54) is 20.1 Å². The van der Waals surface area contributed by atoms with Crippen LogP contribution >= 0.6 is 0 Å². The van der Waals surface area contributed by atoms with Gasteiger partial charge in [0.15, 0.2) is 11.7 Å². The Morgan fingerprint density at radius 1 is 0.800 bits per heavy atom. The van der Waals surface area contributed by atoms with E-state index in [2.05, 4.69) is 39.4 Å². The summed E-state index contributed by atoms with van der Waals surface area (Å²) >= 11 is 0. The third-order valence-corrected chi connectivity index (χ3v) is 8.90. The topological polar surface area (TPSA) is 208 Å². The number of nitrogens with two attached hydrogens (primary N) is 2. The molecule has 0 radical (unpaired) electrons. The summed E-state index contributed by atoms with van der Waals surface area (Å²) in [6.45, 7) is 8.98. The summed E-state index contributed by atoms with van der Waals surface area (Å²) in [6.07, 6.45) is 3.52. The number of aliphatic imine (C=N–C) groups is 1. The van der Waals surface area contributed by atoms with E-state index in [-0.39, 0.29) is 31.8 Å². The number of hydrogen-bond donors (Lipinski definition) is 6. The lowest BCUT2D eigenvalue weighted by molar-refractivity contribution is -0.145. The predicted octanol–water partition coefficient (Wildman–Crippen LogP) is 4.05. The molecule has 1 unspecified atom stereocenters. The van der Waals surface area contributed by atoms with Gasteiger partial charge in [-0.3, -0.25) is 19.4 Å². The van der Waals surface area contributed by atoms with Crippen molar-refractivity contribution in [2.24, 2.45) is 16.5 Å². The third kappa shape index (κ3) is 10.1. The molecular weight excluding hydrogens is 702 g/mol. The van der Waals surface area contributed by atoms with Gasteiger partial charge in [0.25, 0.3) is 0 Å². The first-order chi connectivity index (χ1) is 26.5. The van der Waals surface area contributed by atoms with Gasteiger partial charge in [-0.2, -0.15) is 0 Å². The summed E-state index contributed by atoms with van der Waals surface area (Å²) in [7, 11) is 4.34. The molecular formula is C41H49N7O7. The highest BCUT2D eigenvalue weighted by molar-refractivity contribution is 6.12. The Hall–Kier alpha value is -6.57. The van der Waals surface area contributed by atoms with Crippen LogP contribution in [0.3, 0.4) is 0 Å². The Morgan fingerprint density at radius 2 is 1.38 bits per heavy atom. The zero-order valence-electron chi connectivity index (χ0n) is 31.6. The van der Waals surface area contributed by atoms with Crippen LogP contribution in [0.25, 0.3) is 32.7 Å². The largest absolute Gasteiger partial charge is 0.496 e. The molecule has 55 heavy (non-hydrogen) atoms. The third-order valence-electron chi connectivity index (χ3n) is 8.90. The molecule has 0 aliphatic carbocycles. The maximum absolute atomic E-state index is 14.2. The number of guanidine groups is 1. The molecule has 14 heteroatoms. The summed E-state index contributed by atoms with van der Waals surface area (Å²) in [4.78, 5) is 56.8. The fourth-order valence-electron chi connectivity index (χ4n) is 6.54. The molecule has 4 aromatic rings. The maximum Gasteiger partial charge on any atom is 0.328 e. The monoisotopic (exact) mass is 751 g/mol. The lowest BCUT2D eigenvalue weighted by Crippen LogP contribution is -2.56. The fraction of sp³-hybridized carbons (Fsp3) is 0.293.